The minimum atomic E-state index is 0.290. The molecule has 0 saturated heterocycles. The molecule has 6 nitrogen and oxygen atoms in total. The Labute approximate surface area is 149 Å². The van der Waals surface area contributed by atoms with Gasteiger partial charge in [0.2, 0.25) is 0 Å². The highest BCUT2D eigenvalue weighted by Gasteiger charge is 2.23. The molecule has 1 N–H and O–H groups in total. The summed E-state index contributed by atoms with van der Waals surface area (Å²) in [6, 6.07) is 0.410. The highest BCUT2D eigenvalue weighted by molar-refractivity contribution is 6.37. The lowest BCUT2D eigenvalue weighted by Crippen LogP contribution is -2.23. The first kappa shape index (κ1) is 15.6. The average molecular weight is 363 g/mol. The maximum atomic E-state index is 6.28. The molecule has 8 heteroatoms. The molecule has 0 amide bonds. The molecule has 124 valence electrons. The zero-order valence-corrected chi connectivity index (χ0v) is 14.4. The molecule has 1 aliphatic rings. The van der Waals surface area contributed by atoms with Crippen molar-refractivity contribution in [2.24, 2.45) is 0 Å². The zero-order chi connectivity index (χ0) is 16.5. The number of imidazole rings is 1. The first-order valence-electron chi connectivity index (χ1n) is 7.99. The third-order valence-electron chi connectivity index (χ3n) is 4.37. The van der Waals surface area contributed by atoms with E-state index in [0.717, 1.165) is 24.3 Å². The molecule has 0 aromatic carbocycles. The highest BCUT2D eigenvalue weighted by Crippen LogP contribution is 2.37. The summed E-state index contributed by atoms with van der Waals surface area (Å²) in [6.07, 6.45) is 12.7. The Kier molecular flexibility index (Phi) is 4.24. The van der Waals surface area contributed by atoms with Crippen molar-refractivity contribution in [1.29, 1.82) is 0 Å². The number of hydrogen-bond donors (Lipinski definition) is 1. The Balaban J connectivity index is 1.86. The summed E-state index contributed by atoms with van der Waals surface area (Å²) in [7, 11) is 0. The fourth-order valence-electron chi connectivity index (χ4n) is 3.20. The standard InChI is InChI=1S/C16H16Cl2N6/c17-14-12(15(18)21-9-20-14)13-16(22-10-4-2-1-3-5-10)24-7-6-19-8-11(24)23-13/h6-10,22H,1-5H2. The van der Waals surface area contributed by atoms with Crippen LogP contribution in [-0.4, -0.2) is 30.4 Å². The van der Waals surface area contributed by atoms with Gasteiger partial charge in [-0.15, -0.1) is 0 Å². The first-order valence-corrected chi connectivity index (χ1v) is 8.74. The summed E-state index contributed by atoms with van der Waals surface area (Å²) in [5, 5.41) is 4.20. The van der Waals surface area contributed by atoms with Crippen molar-refractivity contribution in [2.45, 2.75) is 38.1 Å². The molecule has 0 atom stereocenters. The zero-order valence-electron chi connectivity index (χ0n) is 12.9. The molecule has 0 bridgehead atoms. The van der Waals surface area contributed by atoms with E-state index in [2.05, 4.69) is 25.3 Å². The molecule has 1 saturated carbocycles. The largest absolute Gasteiger partial charge is 0.367 e. The van der Waals surface area contributed by atoms with E-state index in [1.54, 1.807) is 12.4 Å². The van der Waals surface area contributed by atoms with Crippen LogP contribution in [0.4, 0.5) is 5.82 Å². The molecule has 3 aromatic rings. The molecular formula is C16H16Cl2N6. The fourth-order valence-corrected chi connectivity index (χ4v) is 3.69. The molecule has 3 heterocycles. The first-order chi connectivity index (χ1) is 11.7. The predicted octanol–water partition coefficient (Wildman–Crippen LogP) is 4.24. The van der Waals surface area contributed by atoms with Crippen LogP contribution in [0.15, 0.2) is 24.9 Å². The molecule has 1 aliphatic carbocycles. The monoisotopic (exact) mass is 362 g/mol. The van der Waals surface area contributed by atoms with Crippen LogP contribution in [0.25, 0.3) is 16.9 Å². The molecule has 0 unspecified atom stereocenters. The summed E-state index contributed by atoms with van der Waals surface area (Å²) < 4.78 is 1.97. The van der Waals surface area contributed by atoms with E-state index >= 15 is 0 Å². The maximum absolute atomic E-state index is 6.28. The van der Waals surface area contributed by atoms with Crippen molar-refractivity contribution in [3.8, 4) is 11.3 Å². The second-order valence-corrected chi connectivity index (χ2v) is 6.64. The molecule has 0 aliphatic heterocycles. The van der Waals surface area contributed by atoms with E-state index in [4.69, 9.17) is 23.2 Å². The lowest BCUT2D eigenvalue weighted by molar-refractivity contribution is 0.461. The minimum absolute atomic E-state index is 0.290. The number of fused-ring (bicyclic) bond motifs is 1. The van der Waals surface area contributed by atoms with Crippen molar-refractivity contribution < 1.29 is 0 Å². The molecule has 3 aromatic heterocycles. The van der Waals surface area contributed by atoms with Gasteiger partial charge in [0.1, 0.15) is 28.1 Å². The topological polar surface area (TPSA) is 68.0 Å². The average Bonchev–Trinajstić information content (AvgIpc) is 2.94. The van der Waals surface area contributed by atoms with Gasteiger partial charge in [-0.25, -0.2) is 15.0 Å². The van der Waals surface area contributed by atoms with Crippen LogP contribution in [0.3, 0.4) is 0 Å². The number of rotatable bonds is 3. The van der Waals surface area contributed by atoms with Gasteiger partial charge in [0.05, 0.1) is 11.8 Å². The van der Waals surface area contributed by atoms with Crippen molar-refractivity contribution in [3.63, 3.8) is 0 Å². The molecular weight excluding hydrogens is 347 g/mol. The van der Waals surface area contributed by atoms with Gasteiger partial charge < -0.3 is 5.32 Å². The van der Waals surface area contributed by atoms with Crippen LogP contribution in [0.1, 0.15) is 32.1 Å². The Morgan fingerprint density at radius 2 is 1.83 bits per heavy atom. The number of halogens is 2. The van der Waals surface area contributed by atoms with Gasteiger partial charge in [-0.1, -0.05) is 42.5 Å². The number of nitrogens with zero attached hydrogens (tertiary/aromatic N) is 5. The van der Waals surface area contributed by atoms with Gasteiger partial charge in [0.15, 0.2) is 5.65 Å². The second kappa shape index (κ2) is 6.53. The molecule has 4 rings (SSSR count). The summed E-state index contributed by atoms with van der Waals surface area (Å²) in [5.74, 6) is 0.859. The maximum Gasteiger partial charge on any atom is 0.157 e. The van der Waals surface area contributed by atoms with E-state index in [1.807, 2.05) is 10.6 Å². The van der Waals surface area contributed by atoms with Crippen molar-refractivity contribution in [2.75, 3.05) is 5.32 Å². The van der Waals surface area contributed by atoms with Gasteiger partial charge >= 0.3 is 0 Å². The lowest BCUT2D eigenvalue weighted by Gasteiger charge is -2.24. The third kappa shape index (κ3) is 2.80. The van der Waals surface area contributed by atoms with Crippen molar-refractivity contribution in [1.82, 2.24) is 24.3 Å². The Bertz CT molecular complexity index is 852. The van der Waals surface area contributed by atoms with Gasteiger partial charge in [0.25, 0.3) is 0 Å². The Morgan fingerprint density at radius 1 is 1.08 bits per heavy atom. The number of anilines is 1. The molecule has 1 fully saturated rings. The molecule has 0 spiro atoms. The van der Waals surface area contributed by atoms with Gasteiger partial charge in [-0.3, -0.25) is 9.38 Å². The summed E-state index contributed by atoms with van der Waals surface area (Å²) >= 11 is 12.6. The lowest BCUT2D eigenvalue weighted by atomic mass is 9.95. The van der Waals surface area contributed by atoms with Crippen LogP contribution < -0.4 is 5.32 Å². The Hall–Kier alpha value is -1.92. The summed E-state index contributed by atoms with van der Waals surface area (Å²) in [4.78, 5) is 16.9. The van der Waals surface area contributed by atoms with E-state index < -0.39 is 0 Å². The SMILES string of the molecule is Clc1ncnc(Cl)c1-c1nc2cnccn2c1NC1CCCCC1. The quantitative estimate of drug-likeness (QED) is 0.705. The van der Waals surface area contributed by atoms with E-state index in [0.29, 0.717) is 17.3 Å². The molecule has 24 heavy (non-hydrogen) atoms. The van der Waals surface area contributed by atoms with E-state index in [-0.39, 0.29) is 10.3 Å². The van der Waals surface area contributed by atoms with Gasteiger partial charge in [-0.05, 0) is 12.8 Å². The van der Waals surface area contributed by atoms with Crippen LogP contribution in [0.5, 0.6) is 0 Å². The normalized spacial score (nSPS) is 15.8. The highest BCUT2D eigenvalue weighted by atomic mass is 35.5. The summed E-state index contributed by atoms with van der Waals surface area (Å²) in [6.45, 7) is 0. The van der Waals surface area contributed by atoms with Gasteiger partial charge in [0, 0.05) is 18.4 Å². The predicted molar refractivity (Wildman–Crippen MR) is 94.5 cm³/mol. The minimum Gasteiger partial charge on any atom is -0.367 e. The van der Waals surface area contributed by atoms with E-state index in [9.17, 15) is 0 Å². The third-order valence-corrected chi connectivity index (χ3v) is 4.94. The number of hydrogen-bond acceptors (Lipinski definition) is 5. The Morgan fingerprint density at radius 3 is 2.58 bits per heavy atom. The van der Waals surface area contributed by atoms with Crippen molar-refractivity contribution >= 4 is 34.7 Å². The van der Waals surface area contributed by atoms with Gasteiger partial charge in [-0.2, -0.15) is 0 Å². The number of aromatic nitrogens is 5. The van der Waals surface area contributed by atoms with Crippen molar-refractivity contribution in [3.05, 3.63) is 35.2 Å². The van der Waals surface area contributed by atoms with E-state index in [1.165, 1.54) is 25.6 Å². The van der Waals surface area contributed by atoms with Crippen LogP contribution in [0, 0.1) is 0 Å². The van der Waals surface area contributed by atoms with Crippen LogP contribution in [-0.2, 0) is 0 Å². The summed E-state index contributed by atoms with van der Waals surface area (Å²) in [5.41, 5.74) is 1.92. The second-order valence-electron chi connectivity index (χ2n) is 5.92. The molecule has 0 radical (unpaired) electrons. The smallest absolute Gasteiger partial charge is 0.157 e. The number of nitrogens with one attached hydrogen (secondary N) is 1. The van der Waals surface area contributed by atoms with Crippen LogP contribution >= 0.6 is 23.2 Å². The fraction of sp³-hybridized carbons (Fsp3) is 0.375. The van der Waals surface area contributed by atoms with Crippen LogP contribution in [0.2, 0.25) is 10.3 Å².